The lowest BCUT2D eigenvalue weighted by molar-refractivity contribution is 0.474. The number of hydrogen-bond acceptors (Lipinski definition) is 1. The predicted molar refractivity (Wildman–Crippen MR) is 71.0 cm³/mol. The van der Waals surface area contributed by atoms with Crippen molar-refractivity contribution in [2.45, 2.75) is 33.6 Å². The van der Waals surface area contributed by atoms with E-state index >= 15 is 0 Å². The number of halogens is 2. The molecule has 0 saturated carbocycles. The van der Waals surface area contributed by atoms with Gasteiger partial charge in [-0.2, -0.15) is 0 Å². The summed E-state index contributed by atoms with van der Waals surface area (Å²) in [6, 6.07) is 5.46. The predicted octanol–water partition coefficient (Wildman–Crippen LogP) is 4.97. The Morgan fingerprint density at radius 2 is 1.67 bits per heavy atom. The Labute approximate surface area is 106 Å². The van der Waals surface area contributed by atoms with Gasteiger partial charge in [0.1, 0.15) is 5.75 Å². The summed E-state index contributed by atoms with van der Waals surface area (Å²) >= 11 is 0. The number of hydrogen-bond donors (Lipinski definition) is 1. The zero-order valence-electron chi connectivity index (χ0n) is 11.1. The van der Waals surface area contributed by atoms with Gasteiger partial charge in [0.25, 0.3) is 0 Å². The molecule has 2 aromatic carbocycles. The van der Waals surface area contributed by atoms with Gasteiger partial charge in [0, 0.05) is 5.39 Å². The number of fused-ring (bicyclic) bond motifs is 1. The first-order valence-corrected chi connectivity index (χ1v) is 6.11. The Morgan fingerprint density at radius 1 is 1.06 bits per heavy atom. The van der Waals surface area contributed by atoms with Gasteiger partial charge in [0.15, 0.2) is 11.6 Å². The lowest BCUT2D eigenvalue weighted by atomic mass is 9.95. The smallest absolute Gasteiger partial charge is 0.166 e. The average Bonchev–Trinajstić information content (AvgIpc) is 2.35. The highest BCUT2D eigenvalue weighted by Crippen LogP contribution is 2.32. The fourth-order valence-electron chi connectivity index (χ4n) is 1.87. The van der Waals surface area contributed by atoms with Crippen LogP contribution in [0.1, 0.15) is 39.2 Å². The van der Waals surface area contributed by atoms with Crippen LogP contribution in [0.2, 0.25) is 0 Å². The lowest BCUT2D eigenvalue weighted by Gasteiger charge is -2.12. The first-order chi connectivity index (χ1) is 8.50. The van der Waals surface area contributed by atoms with Gasteiger partial charge in [-0.05, 0) is 35.1 Å². The Morgan fingerprint density at radius 3 is 2.22 bits per heavy atom. The molecular weight excluding hydrogens is 234 g/mol. The van der Waals surface area contributed by atoms with Gasteiger partial charge in [-0.3, -0.25) is 0 Å². The van der Waals surface area contributed by atoms with E-state index in [-0.39, 0.29) is 17.1 Å². The van der Waals surface area contributed by atoms with Crippen molar-refractivity contribution >= 4 is 10.8 Å². The van der Waals surface area contributed by atoms with E-state index in [1.165, 1.54) is 18.2 Å². The molecule has 0 unspecified atom stereocenters. The molecule has 0 aliphatic rings. The molecule has 0 bridgehead atoms. The van der Waals surface area contributed by atoms with Gasteiger partial charge in [-0.25, -0.2) is 8.78 Å². The highest BCUT2D eigenvalue weighted by molar-refractivity contribution is 5.88. The molecule has 98 valence electrons. The van der Waals surface area contributed by atoms with Crippen LogP contribution >= 0.6 is 0 Å². The molecule has 2 rings (SSSR count). The highest BCUT2D eigenvalue weighted by Gasteiger charge is 2.14. The number of aromatic hydroxyl groups is 1. The van der Waals surface area contributed by atoms with Gasteiger partial charge >= 0.3 is 0 Å². The topological polar surface area (TPSA) is 20.2 Å². The quantitative estimate of drug-likeness (QED) is 0.759. The third-order valence-corrected chi connectivity index (χ3v) is 2.64. The maximum atomic E-state index is 13.7. The van der Waals surface area contributed by atoms with Crippen molar-refractivity contribution in [3.05, 3.63) is 41.5 Å². The third-order valence-electron chi connectivity index (χ3n) is 2.64. The minimum Gasteiger partial charge on any atom is -0.508 e. The van der Waals surface area contributed by atoms with Crippen LogP contribution in [0.15, 0.2) is 24.3 Å². The van der Waals surface area contributed by atoms with Gasteiger partial charge in [-0.15, -0.1) is 0 Å². The van der Waals surface area contributed by atoms with E-state index in [9.17, 15) is 13.9 Å². The molecular formula is C15H18F2O. The van der Waals surface area contributed by atoms with Crippen LogP contribution in [-0.2, 0) is 0 Å². The van der Waals surface area contributed by atoms with Gasteiger partial charge in [0.2, 0.25) is 0 Å². The second-order valence-electron chi connectivity index (χ2n) is 4.15. The summed E-state index contributed by atoms with van der Waals surface area (Å²) in [7, 11) is 0. The molecule has 0 aliphatic heterocycles. The summed E-state index contributed by atoms with van der Waals surface area (Å²) in [5.74, 6) is -1.62. The minimum absolute atomic E-state index is 0.0194. The molecule has 0 atom stereocenters. The van der Waals surface area contributed by atoms with Gasteiger partial charge in [-0.1, -0.05) is 33.8 Å². The minimum atomic E-state index is -0.861. The molecule has 0 aliphatic carbocycles. The maximum Gasteiger partial charge on any atom is 0.166 e. The summed E-state index contributed by atoms with van der Waals surface area (Å²) in [4.78, 5) is 0. The van der Waals surface area contributed by atoms with E-state index < -0.39 is 11.6 Å². The fraction of sp³-hybridized carbons (Fsp3) is 0.333. The molecule has 0 radical (unpaired) electrons. The summed E-state index contributed by atoms with van der Waals surface area (Å²) in [6.07, 6.45) is 0. The number of phenols is 1. The zero-order valence-corrected chi connectivity index (χ0v) is 11.1. The van der Waals surface area contributed by atoms with E-state index in [2.05, 4.69) is 0 Å². The Bertz CT molecular complexity index is 548. The van der Waals surface area contributed by atoms with Crippen LogP contribution in [-0.4, -0.2) is 5.11 Å². The van der Waals surface area contributed by atoms with Crippen molar-refractivity contribution in [3.63, 3.8) is 0 Å². The summed E-state index contributed by atoms with van der Waals surface area (Å²) in [6.45, 7) is 7.75. The van der Waals surface area contributed by atoms with E-state index in [4.69, 9.17) is 0 Å². The molecule has 1 nitrogen and oxygen atoms in total. The number of phenolic OH excluding ortho intramolecular Hbond substituents is 1. The maximum absolute atomic E-state index is 13.7. The van der Waals surface area contributed by atoms with Crippen molar-refractivity contribution in [1.82, 2.24) is 0 Å². The van der Waals surface area contributed by atoms with Crippen molar-refractivity contribution < 1.29 is 13.9 Å². The van der Waals surface area contributed by atoms with Crippen LogP contribution in [0.3, 0.4) is 0 Å². The average molecular weight is 252 g/mol. The molecule has 0 aromatic heterocycles. The highest BCUT2D eigenvalue weighted by atomic mass is 19.2. The normalized spacial score (nSPS) is 10.4. The van der Waals surface area contributed by atoms with Gasteiger partial charge < -0.3 is 5.11 Å². The first kappa shape index (κ1) is 14.4. The molecule has 0 saturated heterocycles. The van der Waals surface area contributed by atoms with Crippen molar-refractivity contribution in [2.75, 3.05) is 0 Å². The molecule has 3 heteroatoms. The van der Waals surface area contributed by atoms with Crippen LogP contribution in [0.5, 0.6) is 5.75 Å². The monoisotopic (exact) mass is 252 g/mol. The molecule has 1 N–H and O–H groups in total. The van der Waals surface area contributed by atoms with E-state index in [1.54, 1.807) is 0 Å². The summed E-state index contributed by atoms with van der Waals surface area (Å²) < 4.78 is 26.8. The third kappa shape index (κ3) is 2.61. The second kappa shape index (κ2) is 5.80. The number of rotatable bonds is 1. The van der Waals surface area contributed by atoms with Crippen molar-refractivity contribution in [3.8, 4) is 5.75 Å². The molecule has 0 amide bonds. The van der Waals surface area contributed by atoms with Crippen molar-refractivity contribution in [2.24, 2.45) is 0 Å². The molecule has 0 heterocycles. The second-order valence-corrected chi connectivity index (χ2v) is 4.15. The summed E-state index contributed by atoms with van der Waals surface area (Å²) in [5, 5.41) is 10.3. The van der Waals surface area contributed by atoms with Crippen LogP contribution < -0.4 is 0 Å². The molecule has 18 heavy (non-hydrogen) atoms. The Hall–Kier alpha value is -1.64. The Balaban J connectivity index is 0.000000771. The van der Waals surface area contributed by atoms with E-state index in [0.29, 0.717) is 10.9 Å². The van der Waals surface area contributed by atoms with E-state index in [1.807, 2.05) is 27.7 Å². The Kier molecular flexibility index (Phi) is 4.65. The SMILES string of the molecule is CC.CC(C)c1cc(O)cc2ccc(F)c(F)c12. The zero-order chi connectivity index (χ0) is 13.9. The van der Waals surface area contributed by atoms with E-state index in [0.717, 1.165) is 6.07 Å². The van der Waals surface area contributed by atoms with Gasteiger partial charge in [0.05, 0.1) is 0 Å². The standard InChI is InChI=1S/C13H12F2O.C2H6/c1-7(2)10-6-9(16)5-8-3-4-11(14)13(15)12(8)10;1-2/h3-7,16H,1-2H3;1-2H3. The summed E-state index contributed by atoms with van der Waals surface area (Å²) in [5.41, 5.74) is 0.618. The van der Waals surface area contributed by atoms with Crippen LogP contribution in [0.4, 0.5) is 8.78 Å². The van der Waals surface area contributed by atoms with Crippen LogP contribution in [0, 0.1) is 11.6 Å². The molecule has 0 spiro atoms. The van der Waals surface area contributed by atoms with Crippen molar-refractivity contribution in [1.29, 1.82) is 0 Å². The molecule has 0 fully saturated rings. The fourth-order valence-corrected chi connectivity index (χ4v) is 1.87. The number of benzene rings is 2. The lowest BCUT2D eigenvalue weighted by Crippen LogP contribution is -1.94. The van der Waals surface area contributed by atoms with Crippen LogP contribution in [0.25, 0.3) is 10.8 Å². The molecule has 2 aromatic rings. The first-order valence-electron chi connectivity index (χ1n) is 6.11. The largest absolute Gasteiger partial charge is 0.508 e.